The number of benzene rings is 2. The highest BCUT2D eigenvalue weighted by Crippen LogP contribution is 2.42. The van der Waals surface area contributed by atoms with Crippen molar-refractivity contribution in [2.75, 3.05) is 0 Å². The number of hydrazine groups is 1. The smallest absolute Gasteiger partial charge is 0.275 e. The summed E-state index contributed by atoms with van der Waals surface area (Å²) in [4.78, 5) is 39.6. The number of ether oxygens (including phenoxy) is 1. The number of alkyl halides is 2. The fourth-order valence-electron chi connectivity index (χ4n) is 5.16. The predicted molar refractivity (Wildman–Crippen MR) is 138 cm³/mol. The van der Waals surface area contributed by atoms with E-state index in [9.17, 15) is 27.6 Å². The normalized spacial score (nSPS) is 24.2. The Hall–Kier alpha value is -3.60. The lowest BCUT2D eigenvalue weighted by Gasteiger charge is -2.35. The van der Waals surface area contributed by atoms with Gasteiger partial charge in [0, 0.05) is 24.9 Å². The van der Waals surface area contributed by atoms with Gasteiger partial charge in [0.25, 0.3) is 17.7 Å². The molecule has 4 rings (SSSR count). The lowest BCUT2D eigenvalue weighted by molar-refractivity contribution is -0.144. The molecule has 2 aromatic rings. The van der Waals surface area contributed by atoms with E-state index in [0.717, 1.165) is 11.8 Å². The van der Waals surface area contributed by atoms with Gasteiger partial charge in [0.1, 0.15) is 17.6 Å². The number of amides is 3. The van der Waals surface area contributed by atoms with Crippen molar-refractivity contribution in [1.29, 1.82) is 0 Å². The first-order valence-corrected chi connectivity index (χ1v) is 12.9. The van der Waals surface area contributed by atoms with Crippen LogP contribution in [0.15, 0.2) is 42.5 Å². The molecule has 2 aliphatic heterocycles. The van der Waals surface area contributed by atoms with Gasteiger partial charge >= 0.3 is 0 Å². The average molecular weight is 547 g/mol. The number of carbonyl (C=O) groups excluding carboxylic acids is 3. The fourth-order valence-corrected chi connectivity index (χ4v) is 5.16. The monoisotopic (exact) mass is 546 g/mol. The van der Waals surface area contributed by atoms with Gasteiger partial charge in [0.15, 0.2) is 6.10 Å². The summed E-state index contributed by atoms with van der Waals surface area (Å²) in [5.41, 5.74) is 6.67. The minimum absolute atomic E-state index is 0.0282. The van der Waals surface area contributed by atoms with Gasteiger partial charge in [-0.15, -0.1) is 0 Å². The number of likely N-dealkylation sites (tertiary alicyclic amines) is 1. The molecule has 39 heavy (non-hydrogen) atoms. The molecule has 0 saturated carbocycles. The second-order valence-corrected chi connectivity index (χ2v) is 10.4. The molecule has 0 radical (unpaired) electrons. The van der Waals surface area contributed by atoms with E-state index in [-0.39, 0.29) is 30.4 Å². The molecule has 11 heteroatoms. The fraction of sp³-hybridized carbons (Fsp3) is 0.464. The van der Waals surface area contributed by atoms with Crippen LogP contribution < -0.4 is 20.9 Å². The van der Waals surface area contributed by atoms with E-state index in [2.05, 4.69) is 16.2 Å². The largest absolute Gasteiger partial charge is 0.480 e. The number of aryl methyl sites for hydroxylation is 1. The Bertz CT molecular complexity index is 1250. The van der Waals surface area contributed by atoms with E-state index < -0.39 is 47.8 Å². The van der Waals surface area contributed by atoms with E-state index in [1.54, 1.807) is 25.1 Å². The summed E-state index contributed by atoms with van der Waals surface area (Å²) in [6, 6.07) is 7.01. The Labute approximate surface area is 225 Å². The van der Waals surface area contributed by atoms with Gasteiger partial charge in [0.05, 0.1) is 12.1 Å². The number of hydrogen-bond acceptors (Lipinski definition) is 5. The number of nitrogens with one attached hydrogen (secondary N) is 3. The lowest BCUT2D eigenvalue weighted by atomic mass is 10.0. The number of nitrogens with zero attached hydrogens (tertiary/aromatic N) is 1. The van der Waals surface area contributed by atoms with E-state index in [4.69, 9.17) is 4.74 Å². The molecule has 2 aromatic carbocycles. The first-order chi connectivity index (χ1) is 18.3. The summed E-state index contributed by atoms with van der Waals surface area (Å²) in [5, 5.41) is 2.61. The maximum Gasteiger partial charge on any atom is 0.275 e. The highest BCUT2D eigenvalue weighted by Gasteiger charge is 2.49. The van der Waals surface area contributed by atoms with Gasteiger partial charge in [-0.05, 0) is 75.1 Å². The standard InChI is InChI=1S/C28H33F3N4O4/c1-15-12-19(8-10-22(15)39-23-13-16(2)33-34-26(23)37)25(36)32-17(3)27(38)35-21(9-11-24(35)28(4,30)31)18-6-5-7-20(29)14-18/h5-8,10,12,14,16-17,21,23-24,33H,9,11,13H2,1-4H3,(H,32,36)(H,34,37)/t16?,17-,21+,23?,24-/m1/s1. The van der Waals surface area contributed by atoms with Crippen LogP contribution in [0.1, 0.15) is 67.6 Å². The van der Waals surface area contributed by atoms with Crippen LogP contribution in [0.2, 0.25) is 0 Å². The van der Waals surface area contributed by atoms with Gasteiger partial charge in [-0.25, -0.2) is 18.6 Å². The number of halogens is 3. The molecule has 5 atom stereocenters. The van der Waals surface area contributed by atoms with Crippen molar-refractivity contribution in [3.8, 4) is 5.75 Å². The van der Waals surface area contributed by atoms with Crippen molar-refractivity contribution in [2.45, 2.75) is 83.2 Å². The molecule has 8 nitrogen and oxygen atoms in total. The minimum Gasteiger partial charge on any atom is -0.480 e. The topological polar surface area (TPSA) is 99.8 Å². The molecule has 3 amide bonds. The van der Waals surface area contributed by atoms with Crippen molar-refractivity contribution < 1.29 is 32.3 Å². The highest BCUT2D eigenvalue weighted by atomic mass is 19.3. The van der Waals surface area contributed by atoms with E-state index in [0.29, 0.717) is 23.3 Å². The summed E-state index contributed by atoms with van der Waals surface area (Å²) < 4.78 is 48.7. The summed E-state index contributed by atoms with van der Waals surface area (Å²) in [6.07, 6.45) is 0.0793. The Kier molecular flexibility index (Phi) is 8.20. The second kappa shape index (κ2) is 11.3. The van der Waals surface area contributed by atoms with Crippen LogP contribution in [0, 0.1) is 12.7 Å². The van der Waals surface area contributed by atoms with Crippen LogP contribution >= 0.6 is 0 Å². The first-order valence-electron chi connectivity index (χ1n) is 12.9. The summed E-state index contributed by atoms with van der Waals surface area (Å²) in [5.74, 6) is -4.81. The third-order valence-electron chi connectivity index (χ3n) is 7.18. The number of hydrogen-bond donors (Lipinski definition) is 3. The minimum atomic E-state index is -3.18. The molecule has 2 heterocycles. The Balaban J connectivity index is 1.48. The molecule has 2 aliphatic rings. The summed E-state index contributed by atoms with van der Waals surface area (Å²) in [6.45, 7) is 5.83. The number of rotatable bonds is 7. The predicted octanol–water partition coefficient (Wildman–Crippen LogP) is 3.80. The third-order valence-corrected chi connectivity index (χ3v) is 7.18. The van der Waals surface area contributed by atoms with Crippen LogP contribution in [-0.2, 0) is 9.59 Å². The summed E-state index contributed by atoms with van der Waals surface area (Å²) in [7, 11) is 0. The van der Waals surface area contributed by atoms with Crippen LogP contribution in [0.4, 0.5) is 13.2 Å². The molecule has 2 fully saturated rings. The molecule has 2 unspecified atom stereocenters. The van der Waals surface area contributed by atoms with Crippen molar-refractivity contribution in [3.63, 3.8) is 0 Å². The zero-order valence-electron chi connectivity index (χ0n) is 22.3. The Morgan fingerprint density at radius 1 is 1.18 bits per heavy atom. The van der Waals surface area contributed by atoms with Crippen molar-refractivity contribution in [3.05, 3.63) is 65.0 Å². The molecule has 210 valence electrons. The van der Waals surface area contributed by atoms with Crippen LogP contribution in [0.5, 0.6) is 5.75 Å². The van der Waals surface area contributed by atoms with Gasteiger partial charge in [-0.2, -0.15) is 0 Å². The van der Waals surface area contributed by atoms with Gasteiger partial charge in [-0.3, -0.25) is 19.8 Å². The maximum atomic E-state index is 14.5. The molecule has 0 bridgehead atoms. The van der Waals surface area contributed by atoms with E-state index in [1.165, 1.54) is 31.2 Å². The van der Waals surface area contributed by atoms with Crippen molar-refractivity contribution in [1.82, 2.24) is 21.1 Å². The highest BCUT2D eigenvalue weighted by molar-refractivity contribution is 5.98. The molecule has 0 aliphatic carbocycles. The zero-order chi connectivity index (χ0) is 28.5. The van der Waals surface area contributed by atoms with Crippen molar-refractivity contribution >= 4 is 17.7 Å². The Morgan fingerprint density at radius 2 is 1.92 bits per heavy atom. The van der Waals surface area contributed by atoms with Crippen LogP contribution in [-0.4, -0.2) is 52.8 Å². The molecule has 0 aromatic heterocycles. The Morgan fingerprint density at radius 3 is 2.59 bits per heavy atom. The van der Waals surface area contributed by atoms with Gasteiger partial charge in [-0.1, -0.05) is 12.1 Å². The van der Waals surface area contributed by atoms with E-state index >= 15 is 0 Å². The second-order valence-electron chi connectivity index (χ2n) is 10.4. The maximum absolute atomic E-state index is 14.5. The molecule has 3 N–H and O–H groups in total. The lowest BCUT2D eigenvalue weighted by Crippen LogP contribution is -2.56. The molecule has 2 saturated heterocycles. The number of carbonyl (C=O) groups is 3. The molecular formula is C28H33F3N4O4. The molecular weight excluding hydrogens is 513 g/mol. The van der Waals surface area contributed by atoms with Gasteiger partial charge < -0.3 is 15.0 Å². The van der Waals surface area contributed by atoms with Crippen LogP contribution in [0.3, 0.4) is 0 Å². The summed E-state index contributed by atoms with van der Waals surface area (Å²) >= 11 is 0. The quantitative estimate of drug-likeness (QED) is 0.491. The third kappa shape index (κ3) is 6.35. The van der Waals surface area contributed by atoms with Gasteiger partial charge in [0.2, 0.25) is 5.91 Å². The van der Waals surface area contributed by atoms with Crippen LogP contribution in [0.25, 0.3) is 0 Å². The zero-order valence-corrected chi connectivity index (χ0v) is 22.3. The van der Waals surface area contributed by atoms with E-state index in [1.807, 2.05) is 6.92 Å². The first kappa shape index (κ1) is 28.4. The SMILES string of the molecule is Cc1cc(C(=O)N[C@H](C)C(=O)N2[C@H](c3cccc(F)c3)CC[C@@H]2C(C)(F)F)ccc1OC1CC(C)NNC1=O. The average Bonchev–Trinajstić information content (AvgIpc) is 3.33. The molecule has 0 spiro atoms. The van der Waals surface area contributed by atoms with Crippen molar-refractivity contribution in [2.24, 2.45) is 0 Å².